The average molecular weight is 316 g/mol. The number of hydrogen-bond acceptors (Lipinski definition) is 5. The van der Waals surface area contributed by atoms with Gasteiger partial charge in [0.1, 0.15) is 16.5 Å². The molecule has 1 atom stereocenters. The molecule has 0 amide bonds. The lowest BCUT2D eigenvalue weighted by Gasteiger charge is -2.23. The molecular weight excluding hydrogens is 302 g/mol. The summed E-state index contributed by atoms with van der Waals surface area (Å²) in [4.78, 5) is 3.65. The number of halogens is 1. The third kappa shape index (κ3) is 2.65. The number of aromatic nitrogens is 1. The highest BCUT2D eigenvalue weighted by Gasteiger charge is 2.30. The van der Waals surface area contributed by atoms with Gasteiger partial charge in [0, 0.05) is 13.2 Å². The highest BCUT2D eigenvalue weighted by molar-refractivity contribution is 7.89. The van der Waals surface area contributed by atoms with Crippen LogP contribution in [0, 0.1) is 0 Å². The van der Waals surface area contributed by atoms with Crippen molar-refractivity contribution in [1.29, 1.82) is 0 Å². The van der Waals surface area contributed by atoms with E-state index in [1.54, 1.807) is 19.1 Å². The van der Waals surface area contributed by atoms with E-state index in [0.717, 1.165) is 4.31 Å². The zero-order chi connectivity index (χ0) is 14.9. The molecule has 20 heavy (non-hydrogen) atoms. The number of pyridine rings is 1. The van der Waals surface area contributed by atoms with Gasteiger partial charge in [0.2, 0.25) is 10.0 Å². The molecule has 0 aliphatic heterocycles. The zero-order valence-corrected chi connectivity index (χ0v) is 12.5. The normalized spacial score (nSPS) is 13.6. The van der Waals surface area contributed by atoms with Gasteiger partial charge in [-0.3, -0.25) is 0 Å². The van der Waals surface area contributed by atoms with E-state index < -0.39 is 16.1 Å². The second-order valence-electron chi connectivity index (χ2n) is 4.25. The Kier molecular flexibility index (Phi) is 4.03. The third-order valence-electron chi connectivity index (χ3n) is 3.01. The SMILES string of the molecule is CC(c1ccco1)N(C)S(=O)(=O)c1cc(Cl)cnc1N. The Morgan fingerprint density at radius 2 is 2.20 bits per heavy atom. The van der Waals surface area contributed by atoms with Crippen LogP contribution in [0.4, 0.5) is 5.82 Å². The maximum Gasteiger partial charge on any atom is 0.247 e. The fourth-order valence-electron chi connectivity index (χ4n) is 1.71. The highest BCUT2D eigenvalue weighted by Crippen LogP contribution is 2.29. The monoisotopic (exact) mass is 315 g/mol. The second kappa shape index (κ2) is 5.43. The molecule has 0 fully saturated rings. The van der Waals surface area contributed by atoms with Gasteiger partial charge in [-0.15, -0.1) is 0 Å². The lowest BCUT2D eigenvalue weighted by atomic mass is 10.3. The minimum absolute atomic E-state index is 0.0899. The van der Waals surface area contributed by atoms with Crippen LogP contribution >= 0.6 is 11.6 Å². The lowest BCUT2D eigenvalue weighted by Crippen LogP contribution is -2.30. The van der Waals surface area contributed by atoms with E-state index in [9.17, 15) is 8.42 Å². The summed E-state index contributed by atoms with van der Waals surface area (Å²) in [7, 11) is -2.37. The van der Waals surface area contributed by atoms with E-state index in [4.69, 9.17) is 21.8 Å². The minimum atomic E-state index is -3.82. The molecular formula is C12H14ClN3O3S. The van der Waals surface area contributed by atoms with Crippen LogP contribution in [0.15, 0.2) is 40.0 Å². The first kappa shape index (κ1) is 14.8. The van der Waals surface area contributed by atoms with Crippen LogP contribution in [0.2, 0.25) is 5.02 Å². The average Bonchev–Trinajstić information content (AvgIpc) is 2.93. The molecule has 0 saturated carbocycles. The number of furan rings is 1. The lowest BCUT2D eigenvalue weighted by molar-refractivity contribution is 0.340. The maximum absolute atomic E-state index is 12.5. The van der Waals surface area contributed by atoms with Gasteiger partial charge in [0.25, 0.3) is 0 Å². The molecule has 108 valence electrons. The molecule has 6 nitrogen and oxygen atoms in total. The van der Waals surface area contributed by atoms with Crippen molar-refractivity contribution in [1.82, 2.24) is 9.29 Å². The van der Waals surface area contributed by atoms with Crippen LogP contribution in [-0.2, 0) is 10.0 Å². The van der Waals surface area contributed by atoms with Gasteiger partial charge in [0.15, 0.2) is 0 Å². The molecule has 0 radical (unpaired) electrons. The number of sulfonamides is 1. The molecule has 0 aliphatic rings. The summed E-state index contributed by atoms with van der Waals surface area (Å²) in [5.41, 5.74) is 5.63. The standard InChI is InChI=1S/C12H14ClN3O3S/c1-8(10-4-3-5-19-10)16(2)20(17,18)11-6-9(13)7-15-12(11)14/h3-8H,1-2H3,(H2,14,15). The minimum Gasteiger partial charge on any atom is -0.468 e. The van der Waals surface area contributed by atoms with Crippen LogP contribution < -0.4 is 5.73 Å². The van der Waals surface area contributed by atoms with Crippen molar-refractivity contribution >= 4 is 27.4 Å². The summed E-state index contributed by atoms with van der Waals surface area (Å²) in [5, 5.41) is 0.205. The fourth-order valence-corrected chi connectivity index (χ4v) is 3.36. The van der Waals surface area contributed by atoms with Crippen LogP contribution in [0.3, 0.4) is 0 Å². The summed E-state index contributed by atoms with van der Waals surface area (Å²) in [6, 6.07) is 4.20. The quantitative estimate of drug-likeness (QED) is 0.935. The molecule has 1 unspecified atom stereocenters. The number of nitrogen functional groups attached to an aromatic ring is 1. The Balaban J connectivity index is 2.42. The Bertz CT molecular complexity index is 701. The topological polar surface area (TPSA) is 89.4 Å². The first-order valence-electron chi connectivity index (χ1n) is 5.76. The van der Waals surface area contributed by atoms with E-state index in [2.05, 4.69) is 4.98 Å². The molecule has 0 spiro atoms. The summed E-state index contributed by atoms with van der Waals surface area (Å²) >= 11 is 5.79. The number of nitrogens with zero attached hydrogens (tertiary/aromatic N) is 2. The molecule has 2 aromatic rings. The van der Waals surface area contributed by atoms with Gasteiger partial charge < -0.3 is 10.2 Å². The van der Waals surface area contributed by atoms with Crippen molar-refractivity contribution in [3.8, 4) is 0 Å². The van der Waals surface area contributed by atoms with Crippen molar-refractivity contribution < 1.29 is 12.8 Å². The van der Waals surface area contributed by atoms with Crippen molar-refractivity contribution in [2.24, 2.45) is 0 Å². The number of anilines is 1. The van der Waals surface area contributed by atoms with Gasteiger partial charge >= 0.3 is 0 Å². The summed E-state index contributed by atoms with van der Waals surface area (Å²) in [6.07, 6.45) is 2.79. The first-order chi connectivity index (χ1) is 9.34. The molecule has 0 saturated heterocycles. The van der Waals surface area contributed by atoms with E-state index in [-0.39, 0.29) is 15.7 Å². The van der Waals surface area contributed by atoms with E-state index in [1.165, 1.54) is 25.6 Å². The van der Waals surface area contributed by atoms with Gasteiger partial charge in [-0.2, -0.15) is 4.31 Å². The van der Waals surface area contributed by atoms with Crippen molar-refractivity contribution in [2.75, 3.05) is 12.8 Å². The molecule has 0 aliphatic carbocycles. The van der Waals surface area contributed by atoms with Crippen molar-refractivity contribution in [3.63, 3.8) is 0 Å². The van der Waals surface area contributed by atoms with E-state index >= 15 is 0 Å². The van der Waals surface area contributed by atoms with Crippen LogP contribution in [0.1, 0.15) is 18.7 Å². The Hall–Kier alpha value is -1.57. The fraction of sp³-hybridized carbons (Fsp3) is 0.250. The van der Waals surface area contributed by atoms with Gasteiger partial charge in [-0.05, 0) is 25.1 Å². The van der Waals surface area contributed by atoms with Crippen molar-refractivity contribution in [3.05, 3.63) is 41.4 Å². The summed E-state index contributed by atoms with van der Waals surface area (Å²) in [5.74, 6) is 0.442. The predicted molar refractivity (Wildman–Crippen MR) is 75.7 cm³/mol. The van der Waals surface area contributed by atoms with Gasteiger partial charge in [0.05, 0.1) is 17.3 Å². The molecule has 2 aromatic heterocycles. The second-order valence-corrected chi connectivity index (χ2v) is 6.65. The summed E-state index contributed by atoms with van der Waals surface area (Å²) < 4.78 is 31.5. The maximum atomic E-state index is 12.5. The zero-order valence-electron chi connectivity index (χ0n) is 10.9. The Labute approximate surface area is 122 Å². The van der Waals surface area contributed by atoms with Gasteiger partial charge in [-0.1, -0.05) is 11.6 Å². The Morgan fingerprint density at radius 3 is 2.80 bits per heavy atom. The molecule has 0 aromatic carbocycles. The van der Waals surface area contributed by atoms with Gasteiger partial charge in [-0.25, -0.2) is 13.4 Å². The first-order valence-corrected chi connectivity index (χ1v) is 7.58. The van der Waals surface area contributed by atoms with E-state index in [1.807, 2.05) is 0 Å². The molecule has 2 heterocycles. The van der Waals surface area contributed by atoms with Crippen LogP contribution in [0.25, 0.3) is 0 Å². The Morgan fingerprint density at radius 1 is 1.50 bits per heavy atom. The predicted octanol–water partition coefficient (Wildman–Crippen LogP) is 2.29. The largest absolute Gasteiger partial charge is 0.468 e. The third-order valence-corrected chi connectivity index (χ3v) is 5.17. The molecule has 8 heteroatoms. The number of hydrogen-bond donors (Lipinski definition) is 1. The van der Waals surface area contributed by atoms with Crippen LogP contribution in [-0.4, -0.2) is 24.8 Å². The number of nitrogens with two attached hydrogens (primary N) is 1. The summed E-state index contributed by atoms with van der Waals surface area (Å²) in [6.45, 7) is 1.71. The molecule has 2 rings (SSSR count). The number of rotatable bonds is 4. The van der Waals surface area contributed by atoms with Crippen molar-refractivity contribution in [2.45, 2.75) is 17.9 Å². The van der Waals surface area contributed by atoms with E-state index in [0.29, 0.717) is 5.76 Å². The van der Waals surface area contributed by atoms with Crippen LogP contribution in [0.5, 0.6) is 0 Å². The molecule has 2 N–H and O–H groups in total. The molecule has 0 bridgehead atoms. The highest BCUT2D eigenvalue weighted by atomic mass is 35.5. The smallest absolute Gasteiger partial charge is 0.247 e.